The molecule has 1 saturated carbocycles. The van der Waals surface area contributed by atoms with Crippen molar-refractivity contribution in [3.8, 4) is 11.5 Å². The van der Waals surface area contributed by atoms with Crippen LogP contribution in [0.25, 0.3) is 0 Å². The fourth-order valence-corrected chi connectivity index (χ4v) is 3.60. The van der Waals surface area contributed by atoms with Gasteiger partial charge in [0.15, 0.2) is 11.5 Å². The van der Waals surface area contributed by atoms with Crippen molar-refractivity contribution in [2.75, 3.05) is 13.2 Å². The van der Waals surface area contributed by atoms with Crippen LogP contribution in [0.1, 0.15) is 62.8 Å². The summed E-state index contributed by atoms with van der Waals surface area (Å²) in [5.41, 5.74) is 1.15. The fourth-order valence-electron chi connectivity index (χ4n) is 3.60. The van der Waals surface area contributed by atoms with Gasteiger partial charge in [0, 0.05) is 25.3 Å². The Morgan fingerprint density at radius 2 is 2.00 bits per heavy atom. The summed E-state index contributed by atoms with van der Waals surface area (Å²) in [5, 5.41) is 11.7. The molecule has 1 amide bonds. The van der Waals surface area contributed by atoms with Gasteiger partial charge in [0.05, 0.1) is 12.7 Å². The van der Waals surface area contributed by atoms with Crippen molar-refractivity contribution in [3.05, 3.63) is 23.8 Å². The van der Waals surface area contributed by atoms with Crippen molar-refractivity contribution in [2.24, 2.45) is 0 Å². The topological polar surface area (TPSA) is 84.9 Å². The number of carbonyl (C=O) groups excluding carboxylic acids is 1. The first-order valence-electron chi connectivity index (χ1n) is 9.53. The summed E-state index contributed by atoms with van der Waals surface area (Å²) in [6, 6.07) is 5.97. The van der Waals surface area contributed by atoms with Gasteiger partial charge in [-0.1, -0.05) is 6.07 Å². The summed E-state index contributed by atoms with van der Waals surface area (Å²) in [6.07, 6.45) is 6.67. The Morgan fingerprint density at radius 1 is 1.19 bits per heavy atom. The molecular formula is C20H27NO5. The van der Waals surface area contributed by atoms with E-state index in [1.165, 1.54) is 12.8 Å². The molecule has 1 aliphatic heterocycles. The monoisotopic (exact) mass is 361 g/mol. The van der Waals surface area contributed by atoms with Crippen LogP contribution in [-0.2, 0) is 9.59 Å². The highest BCUT2D eigenvalue weighted by Crippen LogP contribution is 2.36. The summed E-state index contributed by atoms with van der Waals surface area (Å²) < 4.78 is 12.0. The van der Waals surface area contributed by atoms with Gasteiger partial charge in [0.1, 0.15) is 0 Å². The Bertz CT molecular complexity index is 629. The van der Waals surface area contributed by atoms with Crippen molar-refractivity contribution in [1.82, 2.24) is 5.32 Å². The van der Waals surface area contributed by atoms with E-state index in [1.807, 2.05) is 18.2 Å². The summed E-state index contributed by atoms with van der Waals surface area (Å²) in [4.78, 5) is 22.0. The first kappa shape index (κ1) is 18.5. The molecule has 1 heterocycles. The Hall–Kier alpha value is -2.24. The van der Waals surface area contributed by atoms with E-state index in [9.17, 15) is 9.59 Å². The number of hydrogen-bond acceptors (Lipinski definition) is 4. The van der Waals surface area contributed by atoms with Gasteiger partial charge in [0.2, 0.25) is 5.91 Å². The molecular weight excluding hydrogens is 334 g/mol. The molecule has 0 radical (unpaired) electrons. The number of benzene rings is 1. The summed E-state index contributed by atoms with van der Waals surface area (Å²) in [6.45, 7) is 1.01. The first-order valence-corrected chi connectivity index (χ1v) is 9.53. The Kier molecular flexibility index (Phi) is 6.36. The molecule has 1 saturated heterocycles. The lowest BCUT2D eigenvalue weighted by Crippen LogP contribution is -2.33. The summed E-state index contributed by atoms with van der Waals surface area (Å²) in [7, 11) is 0. The molecule has 3 rings (SSSR count). The molecule has 6 heteroatoms. The smallest absolute Gasteiger partial charge is 0.303 e. The molecule has 1 aliphatic carbocycles. The van der Waals surface area contributed by atoms with E-state index in [-0.39, 0.29) is 18.4 Å². The predicted molar refractivity (Wildman–Crippen MR) is 96.7 cm³/mol. The standard InChI is InChI=1S/C20H27NO5/c22-19-10-8-15(13-21-19)14-7-9-17(25-11-3-6-20(23)24)18(12-14)26-16-4-1-2-5-16/h7,9,12,15-16H,1-6,8,10-11,13H2,(H,21,22)(H,23,24). The number of nitrogens with one attached hydrogen (secondary N) is 1. The third-order valence-corrected chi connectivity index (χ3v) is 5.09. The number of carboxylic acid groups (broad SMARTS) is 1. The van der Waals surface area contributed by atoms with Crippen LogP contribution in [-0.4, -0.2) is 36.2 Å². The van der Waals surface area contributed by atoms with E-state index < -0.39 is 5.97 Å². The van der Waals surface area contributed by atoms with E-state index in [0.717, 1.165) is 30.6 Å². The van der Waals surface area contributed by atoms with Crippen molar-refractivity contribution in [3.63, 3.8) is 0 Å². The lowest BCUT2D eigenvalue weighted by Gasteiger charge is -2.24. The number of rotatable bonds is 8. The van der Waals surface area contributed by atoms with Crippen molar-refractivity contribution in [2.45, 2.75) is 63.4 Å². The number of aliphatic carboxylic acids is 1. The number of carboxylic acids is 1. The minimum absolute atomic E-state index is 0.0959. The highest BCUT2D eigenvalue weighted by atomic mass is 16.5. The van der Waals surface area contributed by atoms with Crippen LogP contribution in [0.5, 0.6) is 11.5 Å². The number of piperidine rings is 1. The van der Waals surface area contributed by atoms with E-state index in [4.69, 9.17) is 14.6 Å². The highest BCUT2D eigenvalue weighted by Gasteiger charge is 2.23. The zero-order valence-electron chi connectivity index (χ0n) is 15.0. The van der Waals surface area contributed by atoms with Crippen LogP contribution in [0.4, 0.5) is 0 Å². The molecule has 2 fully saturated rings. The van der Waals surface area contributed by atoms with Crippen LogP contribution >= 0.6 is 0 Å². The average Bonchev–Trinajstić information content (AvgIpc) is 3.13. The number of amides is 1. The lowest BCUT2D eigenvalue weighted by molar-refractivity contribution is -0.137. The molecule has 26 heavy (non-hydrogen) atoms. The zero-order valence-corrected chi connectivity index (χ0v) is 15.0. The van der Waals surface area contributed by atoms with Crippen LogP contribution in [0.3, 0.4) is 0 Å². The predicted octanol–water partition coefficient (Wildman–Crippen LogP) is 3.25. The van der Waals surface area contributed by atoms with Gasteiger partial charge in [-0.25, -0.2) is 0 Å². The third kappa shape index (κ3) is 5.13. The number of carbonyl (C=O) groups is 2. The molecule has 0 bridgehead atoms. The third-order valence-electron chi connectivity index (χ3n) is 5.09. The van der Waals surface area contributed by atoms with Crippen LogP contribution < -0.4 is 14.8 Å². The number of ether oxygens (including phenoxy) is 2. The molecule has 0 spiro atoms. The van der Waals surface area contributed by atoms with Crippen molar-refractivity contribution >= 4 is 11.9 Å². The Labute approximate surface area is 153 Å². The SMILES string of the molecule is O=C(O)CCCOc1ccc(C2CCC(=O)NC2)cc1OC1CCCC1. The van der Waals surface area contributed by atoms with Gasteiger partial charge >= 0.3 is 5.97 Å². The second-order valence-corrected chi connectivity index (χ2v) is 7.12. The normalized spacial score (nSPS) is 20.6. The van der Waals surface area contributed by atoms with Gasteiger partial charge in [-0.2, -0.15) is 0 Å². The van der Waals surface area contributed by atoms with E-state index in [0.29, 0.717) is 37.7 Å². The van der Waals surface area contributed by atoms with Gasteiger partial charge in [-0.15, -0.1) is 0 Å². The van der Waals surface area contributed by atoms with Gasteiger partial charge in [0.25, 0.3) is 0 Å². The van der Waals surface area contributed by atoms with Crippen LogP contribution in [0.2, 0.25) is 0 Å². The molecule has 2 aliphatic rings. The highest BCUT2D eigenvalue weighted by molar-refractivity contribution is 5.77. The van der Waals surface area contributed by atoms with Crippen molar-refractivity contribution < 1.29 is 24.2 Å². The Balaban J connectivity index is 1.69. The van der Waals surface area contributed by atoms with Crippen molar-refractivity contribution in [1.29, 1.82) is 0 Å². The fraction of sp³-hybridized carbons (Fsp3) is 0.600. The zero-order chi connectivity index (χ0) is 18.4. The minimum Gasteiger partial charge on any atom is -0.490 e. The van der Waals surface area contributed by atoms with Gasteiger partial charge in [-0.05, 0) is 56.2 Å². The number of hydrogen-bond donors (Lipinski definition) is 2. The maximum absolute atomic E-state index is 11.4. The molecule has 2 N–H and O–H groups in total. The molecule has 1 aromatic rings. The second-order valence-electron chi connectivity index (χ2n) is 7.12. The largest absolute Gasteiger partial charge is 0.490 e. The molecule has 6 nitrogen and oxygen atoms in total. The molecule has 1 aromatic carbocycles. The molecule has 142 valence electrons. The summed E-state index contributed by atoms with van der Waals surface area (Å²) >= 11 is 0. The maximum atomic E-state index is 11.4. The second kappa shape index (κ2) is 8.92. The molecule has 1 atom stereocenters. The van der Waals surface area contributed by atoms with E-state index >= 15 is 0 Å². The lowest BCUT2D eigenvalue weighted by atomic mass is 9.91. The van der Waals surface area contributed by atoms with E-state index in [2.05, 4.69) is 5.32 Å². The maximum Gasteiger partial charge on any atom is 0.303 e. The minimum atomic E-state index is -0.814. The first-order chi connectivity index (χ1) is 12.6. The molecule has 0 aromatic heterocycles. The van der Waals surface area contributed by atoms with E-state index in [1.54, 1.807) is 0 Å². The van der Waals surface area contributed by atoms with Gasteiger partial charge < -0.3 is 19.9 Å². The quantitative estimate of drug-likeness (QED) is 0.694. The molecule has 1 unspecified atom stereocenters. The summed E-state index contributed by atoms with van der Waals surface area (Å²) in [5.74, 6) is 1.000. The van der Waals surface area contributed by atoms with Crippen LogP contribution in [0, 0.1) is 0 Å². The van der Waals surface area contributed by atoms with Crippen LogP contribution in [0.15, 0.2) is 18.2 Å². The average molecular weight is 361 g/mol. The van der Waals surface area contributed by atoms with Gasteiger partial charge in [-0.3, -0.25) is 9.59 Å². The Morgan fingerprint density at radius 3 is 2.69 bits per heavy atom.